The number of H-pyrrole nitrogens is 1. The lowest BCUT2D eigenvalue weighted by atomic mass is 10.1. The Hall–Kier alpha value is -2.01. The smallest absolute Gasteiger partial charge is 0.264 e. The van der Waals surface area contributed by atoms with E-state index in [9.17, 15) is 9.90 Å². The molecule has 2 heterocycles. The van der Waals surface area contributed by atoms with Crippen LogP contribution in [0.3, 0.4) is 0 Å². The van der Waals surface area contributed by atoms with E-state index in [2.05, 4.69) is 9.97 Å². The molecule has 0 amide bonds. The maximum Gasteiger partial charge on any atom is 0.264 e. The van der Waals surface area contributed by atoms with Crippen LogP contribution in [0.15, 0.2) is 29.1 Å². The van der Waals surface area contributed by atoms with Crippen molar-refractivity contribution < 1.29 is 5.11 Å². The molecule has 0 atom stereocenters. The molecular formula is C15H16ClN3O2. The molecule has 1 aliphatic rings. The minimum absolute atomic E-state index is 0.151. The summed E-state index contributed by atoms with van der Waals surface area (Å²) in [5, 5.41) is 10.7. The molecule has 3 rings (SSSR count). The largest absolute Gasteiger partial charge is 0.493 e. The third kappa shape index (κ3) is 2.88. The van der Waals surface area contributed by atoms with Gasteiger partial charge in [-0.05, 0) is 37.0 Å². The Morgan fingerprint density at radius 3 is 2.67 bits per heavy atom. The minimum Gasteiger partial charge on any atom is -0.493 e. The van der Waals surface area contributed by atoms with Gasteiger partial charge in [-0.15, -0.1) is 0 Å². The van der Waals surface area contributed by atoms with Gasteiger partial charge in [-0.3, -0.25) is 9.78 Å². The first-order chi connectivity index (χ1) is 10.1. The predicted molar refractivity (Wildman–Crippen MR) is 83.0 cm³/mol. The third-order valence-electron chi connectivity index (χ3n) is 3.66. The molecule has 2 N–H and O–H groups in total. The molecule has 0 aliphatic carbocycles. The predicted octanol–water partition coefficient (Wildman–Crippen LogP) is 2.79. The van der Waals surface area contributed by atoms with Crippen molar-refractivity contribution in [2.75, 3.05) is 18.0 Å². The van der Waals surface area contributed by atoms with E-state index in [0.29, 0.717) is 16.5 Å². The molecule has 21 heavy (non-hydrogen) atoms. The van der Waals surface area contributed by atoms with E-state index in [1.54, 1.807) is 24.3 Å². The first-order valence-corrected chi connectivity index (χ1v) is 7.37. The SMILES string of the molecule is O=c1[nH]c(N2CCCCC2)nc(O)c1-c1cccc(Cl)c1. The molecule has 5 nitrogen and oxygen atoms in total. The zero-order valence-corrected chi connectivity index (χ0v) is 12.2. The Bertz CT molecular complexity index is 708. The monoisotopic (exact) mass is 305 g/mol. The summed E-state index contributed by atoms with van der Waals surface area (Å²) in [7, 11) is 0. The lowest BCUT2D eigenvalue weighted by molar-refractivity contribution is 0.451. The summed E-state index contributed by atoms with van der Waals surface area (Å²) in [4.78, 5) is 21.2. The fourth-order valence-corrected chi connectivity index (χ4v) is 2.80. The number of benzene rings is 1. The lowest BCUT2D eigenvalue weighted by Gasteiger charge is -2.27. The van der Waals surface area contributed by atoms with Gasteiger partial charge in [0.1, 0.15) is 5.56 Å². The molecule has 1 aromatic carbocycles. The highest BCUT2D eigenvalue weighted by Gasteiger charge is 2.18. The summed E-state index contributed by atoms with van der Waals surface area (Å²) in [6.07, 6.45) is 3.33. The van der Waals surface area contributed by atoms with Crippen LogP contribution in [-0.2, 0) is 0 Å². The van der Waals surface area contributed by atoms with Crippen LogP contribution in [0, 0.1) is 0 Å². The number of rotatable bonds is 2. The number of hydrogen-bond donors (Lipinski definition) is 2. The molecule has 1 fully saturated rings. The van der Waals surface area contributed by atoms with Crippen molar-refractivity contribution in [3.63, 3.8) is 0 Å². The van der Waals surface area contributed by atoms with Crippen LogP contribution in [0.2, 0.25) is 5.02 Å². The summed E-state index contributed by atoms with van der Waals surface area (Å²) < 4.78 is 0. The van der Waals surface area contributed by atoms with Crippen LogP contribution in [0.5, 0.6) is 5.88 Å². The zero-order chi connectivity index (χ0) is 14.8. The van der Waals surface area contributed by atoms with Gasteiger partial charge in [-0.1, -0.05) is 23.7 Å². The van der Waals surface area contributed by atoms with E-state index < -0.39 is 0 Å². The van der Waals surface area contributed by atoms with Gasteiger partial charge in [-0.25, -0.2) is 0 Å². The van der Waals surface area contributed by atoms with E-state index in [1.165, 1.54) is 6.42 Å². The molecule has 2 aromatic rings. The number of nitrogens with zero attached hydrogens (tertiary/aromatic N) is 2. The molecule has 1 saturated heterocycles. The number of piperidine rings is 1. The maximum atomic E-state index is 12.3. The summed E-state index contributed by atoms with van der Waals surface area (Å²) in [5.41, 5.74) is 0.350. The molecular weight excluding hydrogens is 290 g/mol. The number of aromatic nitrogens is 2. The molecule has 1 aromatic heterocycles. The van der Waals surface area contributed by atoms with Crippen LogP contribution >= 0.6 is 11.6 Å². The second-order valence-electron chi connectivity index (χ2n) is 5.15. The van der Waals surface area contributed by atoms with Gasteiger partial charge >= 0.3 is 0 Å². The number of hydrogen-bond acceptors (Lipinski definition) is 4. The van der Waals surface area contributed by atoms with Crippen LogP contribution in [-0.4, -0.2) is 28.2 Å². The summed E-state index contributed by atoms with van der Waals surface area (Å²) >= 11 is 5.93. The van der Waals surface area contributed by atoms with Gasteiger partial charge in [0.2, 0.25) is 11.8 Å². The Labute approximate surface area is 127 Å². The topological polar surface area (TPSA) is 69.2 Å². The molecule has 0 radical (unpaired) electrons. The van der Waals surface area contributed by atoms with Gasteiger partial charge in [-0.2, -0.15) is 4.98 Å². The van der Waals surface area contributed by atoms with Crippen LogP contribution in [0.25, 0.3) is 11.1 Å². The Morgan fingerprint density at radius 2 is 2.00 bits per heavy atom. The van der Waals surface area contributed by atoms with Crippen molar-refractivity contribution in [3.05, 3.63) is 39.6 Å². The standard InChI is InChI=1S/C15H16ClN3O2/c16-11-6-4-5-10(9-11)12-13(20)17-15(18-14(12)21)19-7-2-1-3-8-19/h4-6,9H,1-3,7-8H2,(H2,17,18,20,21). The molecule has 0 bridgehead atoms. The number of anilines is 1. The quantitative estimate of drug-likeness (QED) is 0.895. The van der Waals surface area contributed by atoms with Crippen molar-refractivity contribution in [2.45, 2.75) is 19.3 Å². The van der Waals surface area contributed by atoms with Crippen LogP contribution in [0.4, 0.5) is 5.95 Å². The van der Waals surface area contributed by atoms with Gasteiger partial charge < -0.3 is 10.0 Å². The highest BCUT2D eigenvalue weighted by atomic mass is 35.5. The van der Waals surface area contributed by atoms with E-state index in [0.717, 1.165) is 25.9 Å². The summed E-state index contributed by atoms with van der Waals surface area (Å²) in [6, 6.07) is 6.80. The van der Waals surface area contributed by atoms with Crippen molar-refractivity contribution in [3.8, 4) is 17.0 Å². The molecule has 6 heteroatoms. The Balaban J connectivity index is 2.02. The van der Waals surface area contributed by atoms with E-state index >= 15 is 0 Å². The first-order valence-electron chi connectivity index (χ1n) is 6.99. The molecule has 1 aliphatic heterocycles. The first kappa shape index (κ1) is 13.9. The highest BCUT2D eigenvalue weighted by molar-refractivity contribution is 6.30. The van der Waals surface area contributed by atoms with E-state index in [4.69, 9.17) is 11.6 Å². The average molecular weight is 306 g/mol. The second-order valence-corrected chi connectivity index (χ2v) is 5.58. The molecule has 110 valence electrons. The van der Waals surface area contributed by atoms with Gasteiger partial charge in [0.05, 0.1) is 0 Å². The number of nitrogens with one attached hydrogen (secondary N) is 1. The lowest BCUT2D eigenvalue weighted by Crippen LogP contribution is -2.32. The Kier molecular flexibility index (Phi) is 3.84. The summed E-state index contributed by atoms with van der Waals surface area (Å²) in [6.45, 7) is 1.69. The molecule has 0 unspecified atom stereocenters. The number of halogens is 1. The van der Waals surface area contributed by atoms with Crippen molar-refractivity contribution >= 4 is 17.5 Å². The van der Waals surface area contributed by atoms with Crippen molar-refractivity contribution in [1.82, 2.24) is 9.97 Å². The molecule has 0 spiro atoms. The van der Waals surface area contributed by atoms with E-state index in [1.807, 2.05) is 4.90 Å². The number of aromatic hydroxyl groups is 1. The van der Waals surface area contributed by atoms with Gasteiger partial charge in [0.25, 0.3) is 5.56 Å². The van der Waals surface area contributed by atoms with Crippen molar-refractivity contribution in [2.24, 2.45) is 0 Å². The maximum absolute atomic E-state index is 12.3. The fourth-order valence-electron chi connectivity index (χ4n) is 2.61. The Morgan fingerprint density at radius 1 is 1.24 bits per heavy atom. The normalized spacial score (nSPS) is 15.2. The van der Waals surface area contributed by atoms with Crippen LogP contribution < -0.4 is 10.5 Å². The average Bonchev–Trinajstić information content (AvgIpc) is 2.47. The van der Waals surface area contributed by atoms with Crippen LogP contribution in [0.1, 0.15) is 19.3 Å². The third-order valence-corrected chi connectivity index (χ3v) is 3.89. The molecule has 0 saturated carbocycles. The fraction of sp³-hybridized carbons (Fsp3) is 0.333. The minimum atomic E-state index is -0.356. The van der Waals surface area contributed by atoms with Gasteiger partial charge in [0, 0.05) is 18.1 Å². The summed E-state index contributed by atoms with van der Waals surface area (Å²) in [5.74, 6) is 0.171. The van der Waals surface area contributed by atoms with Gasteiger partial charge in [0.15, 0.2) is 0 Å². The van der Waals surface area contributed by atoms with Crippen molar-refractivity contribution in [1.29, 1.82) is 0 Å². The van der Waals surface area contributed by atoms with E-state index in [-0.39, 0.29) is 17.0 Å². The zero-order valence-electron chi connectivity index (χ0n) is 11.5. The highest BCUT2D eigenvalue weighted by Crippen LogP contribution is 2.27. The number of aromatic amines is 1. The second kappa shape index (κ2) is 5.77.